The Morgan fingerprint density at radius 3 is 3.04 bits per heavy atom. The zero-order chi connectivity index (χ0) is 17.6. The molecule has 126 valence electrons. The molecule has 7 nitrogen and oxygen atoms in total. The lowest BCUT2D eigenvalue weighted by Gasteiger charge is -2.13. The average Bonchev–Trinajstić information content (AvgIpc) is 3.24. The summed E-state index contributed by atoms with van der Waals surface area (Å²) in [6.45, 7) is 0. The second-order valence-electron chi connectivity index (χ2n) is 5.37. The average molecular weight is 356 g/mol. The number of thioether (sulfide) groups is 1. The number of aromatic nitrogens is 4. The van der Waals surface area contributed by atoms with Crippen LogP contribution in [0.4, 0.5) is 15.9 Å². The maximum atomic E-state index is 14.7. The Morgan fingerprint density at radius 2 is 2.28 bits per heavy atom. The first-order chi connectivity index (χ1) is 12.1. The van der Waals surface area contributed by atoms with Gasteiger partial charge < -0.3 is 11.1 Å². The van der Waals surface area contributed by atoms with Crippen molar-refractivity contribution in [3.05, 3.63) is 36.4 Å². The predicted molar refractivity (Wildman–Crippen MR) is 96.1 cm³/mol. The number of nitrogens with one attached hydrogen (secondary N) is 2. The first-order valence-electron chi connectivity index (χ1n) is 7.32. The van der Waals surface area contributed by atoms with Gasteiger partial charge in [-0.1, -0.05) is 0 Å². The van der Waals surface area contributed by atoms with Gasteiger partial charge in [0, 0.05) is 23.2 Å². The number of halogens is 1. The highest BCUT2D eigenvalue weighted by molar-refractivity contribution is 7.98. The van der Waals surface area contributed by atoms with Crippen LogP contribution in [0.1, 0.15) is 0 Å². The van der Waals surface area contributed by atoms with Crippen LogP contribution in [0.15, 0.2) is 35.5 Å². The summed E-state index contributed by atoms with van der Waals surface area (Å²) < 4.78 is 16.3. The first-order valence-corrected chi connectivity index (χ1v) is 8.54. The van der Waals surface area contributed by atoms with Crippen LogP contribution in [0.25, 0.3) is 27.5 Å². The molecule has 25 heavy (non-hydrogen) atoms. The van der Waals surface area contributed by atoms with E-state index in [0.29, 0.717) is 22.6 Å². The number of H-pyrrole nitrogens is 1. The summed E-state index contributed by atoms with van der Waals surface area (Å²) in [6.07, 6.45) is 5.76. The number of carbonyl (C=O) groups excluding carboxylic acids is 1. The van der Waals surface area contributed by atoms with Gasteiger partial charge in [0.25, 0.3) is 0 Å². The topological polar surface area (TPSA) is 101 Å². The minimum atomic E-state index is -0.462. The van der Waals surface area contributed by atoms with Crippen LogP contribution >= 0.6 is 11.8 Å². The van der Waals surface area contributed by atoms with Gasteiger partial charge in [0.1, 0.15) is 0 Å². The van der Waals surface area contributed by atoms with Crippen LogP contribution in [-0.4, -0.2) is 32.5 Å². The molecular formula is C16H13FN6OS. The standard InChI is InChI=1S/C16H13FN6OS/c1-25-16-12(10-6-20-21-15(10)14(18)13(16)17)8-2-3-23-9(4-8)5-11(22-23)19-7-24/h2-7H,18H2,1H3,(H,20,21)(H,19,22,24). The molecule has 4 rings (SSSR count). The van der Waals surface area contributed by atoms with E-state index in [2.05, 4.69) is 20.6 Å². The number of rotatable bonds is 4. The maximum Gasteiger partial charge on any atom is 0.212 e. The van der Waals surface area contributed by atoms with Crippen molar-refractivity contribution in [3.63, 3.8) is 0 Å². The Labute approximate surface area is 145 Å². The molecule has 4 N–H and O–H groups in total. The zero-order valence-corrected chi connectivity index (χ0v) is 13.9. The van der Waals surface area contributed by atoms with Crippen molar-refractivity contribution in [3.8, 4) is 11.1 Å². The zero-order valence-electron chi connectivity index (χ0n) is 13.1. The molecule has 0 atom stereocenters. The van der Waals surface area contributed by atoms with Gasteiger partial charge in [-0.05, 0) is 24.0 Å². The van der Waals surface area contributed by atoms with Crippen molar-refractivity contribution >= 4 is 46.1 Å². The molecule has 0 aliphatic heterocycles. The molecule has 3 heterocycles. The highest BCUT2D eigenvalue weighted by Gasteiger charge is 2.20. The number of carbonyl (C=O) groups is 1. The molecule has 0 radical (unpaired) electrons. The smallest absolute Gasteiger partial charge is 0.212 e. The number of nitrogens with zero attached hydrogens (tertiary/aromatic N) is 3. The number of anilines is 2. The summed E-state index contributed by atoms with van der Waals surface area (Å²) in [4.78, 5) is 11.0. The van der Waals surface area contributed by atoms with Crippen molar-refractivity contribution in [2.24, 2.45) is 0 Å². The third-order valence-corrected chi connectivity index (χ3v) is 4.80. The molecule has 0 aliphatic rings. The fourth-order valence-corrected chi connectivity index (χ4v) is 3.63. The van der Waals surface area contributed by atoms with Crippen molar-refractivity contribution in [1.82, 2.24) is 19.8 Å². The second kappa shape index (κ2) is 5.78. The van der Waals surface area contributed by atoms with Gasteiger partial charge in [-0.2, -0.15) is 10.2 Å². The minimum absolute atomic E-state index is 0.0588. The third-order valence-electron chi connectivity index (χ3n) is 4.00. The molecule has 1 amide bonds. The van der Waals surface area contributed by atoms with E-state index in [-0.39, 0.29) is 5.69 Å². The molecule has 4 aromatic rings. The molecule has 0 saturated heterocycles. The number of benzene rings is 1. The molecule has 3 aromatic heterocycles. The summed E-state index contributed by atoms with van der Waals surface area (Å²) in [5, 5.41) is 14.2. The van der Waals surface area contributed by atoms with Gasteiger partial charge >= 0.3 is 0 Å². The number of nitrogens with two attached hydrogens (primary N) is 1. The van der Waals surface area contributed by atoms with Crippen molar-refractivity contribution in [2.45, 2.75) is 4.90 Å². The lowest BCUT2D eigenvalue weighted by Crippen LogP contribution is -1.98. The molecule has 0 spiro atoms. The van der Waals surface area contributed by atoms with Crippen LogP contribution in [0, 0.1) is 5.82 Å². The fraction of sp³-hybridized carbons (Fsp3) is 0.0625. The maximum absolute atomic E-state index is 14.7. The normalized spacial score (nSPS) is 11.3. The van der Waals surface area contributed by atoms with E-state index >= 15 is 0 Å². The largest absolute Gasteiger partial charge is 0.395 e. The third kappa shape index (κ3) is 2.31. The SMILES string of the molecule is CSc1c(F)c(N)c2[nH]ncc2c1-c1ccn2nc(NC=O)cc2c1. The summed E-state index contributed by atoms with van der Waals surface area (Å²) in [6, 6.07) is 5.44. The predicted octanol–water partition coefficient (Wildman–Crippen LogP) is 2.89. The number of nitrogen functional groups attached to an aromatic ring is 1. The number of aromatic amines is 1. The summed E-state index contributed by atoms with van der Waals surface area (Å²) in [7, 11) is 0. The molecular weight excluding hydrogens is 343 g/mol. The van der Waals surface area contributed by atoms with Gasteiger partial charge in [0.15, 0.2) is 11.6 Å². The highest BCUT2D eigenvalue weighted by Crippen LogP contribution is 2.41. The molecule has 0 fully saturated rings. The number of hydrogen-bond acceptors (Lipinski definition) is 5. The molecule has 0 unspecified atom stereocenters. The number of fused-ring (bicyclic) bond motifs is 2. The number of pyridine rings is 1. The van der Waals surface area contributed by atoms with Crippen molar-refractivity contribution in [2.75, 3.05) is 17.3 Å². The van der Waals surface area contributed by atoms with Crippen LogP contribution in [0.5, 0.6) is 0 Å². The Balaban J connectivity index is 2.00. The lowest BCUT2D eigenvalue weighted by molar-refractivity contribution is -0.105. The fourth-order valence-electron chi connectivity index (χ4n) is 2.90. The van der Waals surface area contributed by atoms with Gasteiger partial charge in [-0.3, -0.25) is 9.89 Å². The molecule has 9 heteroatoms. The Bertz CT molecular complexity index is 1120. The van der Waals surface area contributed by atoms with E-state index < -0.39 is 5.82 Å². The minimum Gasteiger partial charge on any atom is -0.395 e. The van der Waals surface area contributed by atoms with Gasteiger partial charge in [0.05, 0.1) is 27.8 Å². The highest BCUT2D eigenvalue weighted by atomic mass is 32.2. The molecule has 0 aliphatic carbocycles. The lowest BCUT2D eigenvalue weighted by atomic mass is 10.0. The van der Waals surface area contributed by atoms with Gasteiger partial charge in [-0.25, -0.2) is 8.91 Å². The number of hydrogen-bond donors (Lipinski definition) is 3. The molecule has 0 bridgehead atoms. The number of amides is 1. The Morgan fingerprint density at radius 1 is 1.44 bits per heavy atom. The summed E-state index contributed by atoms with van der Waals surface area (Å²) in [5.74, 6) is -0.0230. The van der Waals surface area contributed by atoms with E-state index in [1.165, 1.54) is 11.8 Å². The second-order valence-corrected chi connectivity index (χ2v) is 6.19. The Kier molecular flexibility index (Phi) is 3.57. The van der Waals surface area contributed by atoms with Crippen LogP contribution < -0.4 is 11.1 Å². The van der Waals surface area contributed by atoms with Crippen molar-refractivity contribution in [1.29, 1.82) is 0 Å². The van der Waals surface area contributed by atoms with Crippen LogP contribution in [0.3, 0.4) is 0 Å². The monoisotopic (exact) mass is 356 g/mol. The van der Waals surface area contributed by atoms with Gasteiger partial charge in [0.2, 0.25) is 6.41 Å². The summed E-state index contributed by atoms with van der Waals surface area (Å²) >= 11 is 1.29. The summed E-state index contributed by atoms with van der Waals surface area (Å²) in [5.41, 5.74) is 8.72. The van der Waals surface area contributed by atoms with Crippen molar-refractivity contribution < 1.29 is 9.18 Å². The quantitative estimate of drug-likeness (QED) is 0.296. The van der Waals surface area contributed by atoms with E-state index in [1.54, 1.807) is 29.2 Å². The van der Waals surface area contributed by atoms with E-state index in [1.807, 2.05) is 12.1 Å². The van der Waals surface area contributed by atoms with Gasteiger partial charge in [-0.15, -0.1) is 11.8 Å². The van der Waals surface area contributed by atoms with Crippen LogP contribution in [-0.2, 0) is 4.79 Å². The molecule has 1 aromatic carbocycles. The van der Waals surface area contributed by atoms with E-state index in [9.17, 15) is 9.18 Å². The Hall–Kier alpha value is -3.07. The van der Waals surface area contributed by atoms with E-state index in [0.717, 1.165) is 22.0 Å². The van der Waals surface area contributed by atoms with E-state index in [4.69, 9.17) is 5.73 Å². The first kappa shape index (κ1) is 15.5. The van der Waals surface area contributed by atoms with Crippen LogP contribution in [0.2, 0.25) is 0 Å². The molecule has 0 saturated carbocycles.